The molecule has 0 aliphatic heterocycles. The van der Waals surface area contributed by atoms with E-state index in [9.17, 15) is 9.59 Å². The number of rotatable bonds is 2. The monoisotopic (exact) mass is 224 g/mol. The van der Waals surface area contributed by atoms with Crippen LogP contribution in [0.3, 0.4) is 0 Å². The zero-order valence-corrected chi connectivity index (χ0v) is 9.57. The summed E-state index contributed by atoms with van der Waals surface area (Å²) in [4.78, 5) is 24.4. The average molecular weight is 224 g/mol. The van der Waals surface area contributed by atoms with Gasteiger partial charge >= 0.3 is 0 Å². The summed E-state index contributed by atoms with van der Waals surface area (Å²) < 4.78 is 0. The van der Waals surface area contributed by atoms with Crippen LogP contribution in [0.4, 0.5) is 0 Å². The van der Waals surface area contributed by atoms with Gasteiger partial charge in [0, 0.05) is 22.3 Å². The number of carbonyl (C=O) groups excluding carboxylic acids is 2. The maximum atomic E-state index is 12.2. The van der Waals surface area contributed by atoms with Crippen LogP contribution in [-0.2, 0) is 0 Å². The number of fused-ring (bicyclic) bond motifs is 1. The van der Waals surface area contributed by atoms with Crippen LogP contribution in [0, 0.1) is 0 Å². The van der Waals surface area contributed by atoms with Crippen LogP contribution in [0.1, 0.15) is 27.6 Å². The zero-order valence-electron chi connectivity index (χ0n) is 9.57. The van der Waals surface area contributed by atoms with Crippen LogP contribution in [0.2, 0.25) is 0 Å². The number of Topliss-reactive ketones (excluding diaryl/α,β-unsaturated/α-hetero) is 2. The molecule has 0 spiro atoms. The Hall–Kier alpha value is -2.22. The van der Waals surface area contributed by atoms with Crippen LogP contribution in [-0.4, -0.2) is 11.6 Å². The molecule has 0 saturated carbocycles. The van der Waals surface area contributed by atoms with Crippen molar-refractivity contribution in [3.8, 4) is 0 Å². The summed E-state index contributed by atoms with van der Waals surface area (Å²) in [5.74, 6) is -0.253. The van der Waals surface area contributed by atoms with E-state index in [4.69, 9.17) is 0 Å². The smallest absolute Gasteiger partial charge is 0.194 e. The molecule has 0 saturated heterocycles. The Morgan fingerprint density at radius 2 is 1.53 bits per heavy atom. The molecule has 2 nitrogen and oxygen atoms in total. The lowest BCUT2D eigenvalue weighted by Crippen LogP contribution is -2.20. The van der Waals surface area contributed by atoms with Gasteiger partial charge in [0.2, 0.25) is 0 Å². The molecule has 0 radical (unpaired) electrons. The molecule has 0 unspecified atom stereocenters. The van der Waals surface area contributed by atoms with Crippen LogP contribution in [0.25, 0.3) is 0 Å². The summed E-state index contributed by atoms with van der Waals surface area (Å²) in [7, 11) is 0. The van der Waals surface area contributed by atoms with Crippen molar-refractivity contribution in [3.63, 3.8) is 0 Å². The first-order chi connectivity index (χ1) is 8.20. The lowest BCUT2D eigenvalue weighted by Gasteiger charge is -2.16. The van der Waals surface area contributed by atoms with Gasteiger partial charge in [0.05, 0.1) is 0 Å². The van der Waals surface area contributed by atoms with Gasteiger partial charge in [-0.2, -0.15) is 0 Å². The molecule has 1 aliphatic carbocycles. The maximum Gasteiger partial charge on any atom is 0.194 e. The number of benzene rings is 1. The fourth-order valence-corrected chi connectivity index (χ4v) is 1.95. The second kappa shape index (κ2) is 4.34. The van der Waals surface area contributed by atoms with Gasteiger partial charge in [0.1, 0.15) is 0 Å². The van der Waals surface area contributed by atoms with Gasteiger partial charge < -0.3 is 0 Å². The molecule has 0 N–H and O–H groups in total. The van der Waals surface area contributed by atoms with Crippen LogP contribution in [0.15, 0.2) is 60.2 Å². The molecule has 0 heterocycles. The second-order valence-electron chi connectivity index (χ2n) is 3.74. The van der Waals surface area contributed by atoms with E-state index in [1.54, 1.807) is 36.4 Å². The Kier molecular flexibility index (Phi) is 2.88. The SMILES string of the molecule is C=CC1=C(/C=C\C)C(=O)c2ccccc2C1=O. The number of carbonyl (C=O) groups is 2. The third-order valence-corrected chi connectivity index (χ3v) is 2.73. The topological polar surface area (TPSA) is 34.1 Å². The molecule has 0 atom stereocenters. The minimum absolute atomic E-state index is 0.117. The number of hydrogen-bond donors (Lipinski definition) is 0. The van der Waals surface area contributed by atoms with Crippen molar-refractivity contribution in [2.75, 3.05) is 0 Å². The van der Waals surface area contributed by atoms with Crippen molar-refractivity contribution in [3.05, 3.63) is 71.3 Å². The van der Waals surface area contributed by atoms with Gasteiger partial charge in [0.15, 0.2) is 11.6 Å². The lowest BCUT2D eigenvalue weighted by atomic mass is 9.84. The Morgan fingerprint density at radius 1 is 1.00 bits per heavy atom. The molecule has 0 amide bonds. The van der Waals surface area contributed by atoms with E-state index in [0.717, 1.165) is 0 Å². The molecule has 2 rings (SSSR count). The van der Waals surface area contributed by atoms with Crippen molar-refractivity contribution < 1.29 is 9.59 Å². The summed E-state index contributed by atoms with van der Waals surface area (Å²) >= 11 is 0. The number of hydrogen-bond acceptors (Lipinski definition) is 2. The maximum absolute atomic E-state index is 12.2. The van der Waals surface area contributed by atoms with E-state index >= 15 is 0 Å². The number of allylic oxidation sites excluding steroid dienone is 5. The Morgan fingerprint density at radius 3 is 2.00 bits per heavy atom. The first-order valence-corrected chi connectivity index (χ1v) is 5.38. The largest absolute Gasteiger partial charge is 0.289 e. The zero-order chi connectivity index (χ0) is 12.4. The predicted octanol–water partition coefficient (Wildman–Crippen LogP) is 3.12. The van der Waals surface area contributed by atoms with Gasteiger partial charge in [0.25, 0.3) is 0 Å². The highest BCUT2D eigenvalue weighted by Gasteiger charge is 2.28. The Balaban J connectivity index is 2.72. The predicted molar refractivity (Wildman–Crippen MR) is 67.1 cm³/mol. The summed E-state index contributed by atoms with van der Waals surface area (Å²) in [6.07, 6.45) is 4.86. The molecular weight excluding hydrogens is 212 g/mol. The molecule has 1 aromatic carbocycles. The molecule has 1 aromatic rings. The van der Waals surface area contributed by atoms with Crippen molar-refractivity contribution in [1.29, 1.82) is 0 Å². The van der Waals surface area contributed by atoms with Gasteiger partial charge in [-0.3, -0.25) is 9.59 Å². The summed E-state index contributed by atoms with van der Waals surface area (Å²) in [5.41, 5.74) is 1.73. The van der Waals surface area contributed by atoms with E-state index in [1.807, 2.05) is 6.92 Å². The molecule has 0 fully saturated rings. The van der Waals surface area contributed by atoms with E-state index in [0.29, 0.717) is 22.3 Å². The molecule has 1 aliphatic rings. The van der Waals surface area contributed by atoms with Crippen molar-refractivity contribution in [2.24, 2.45) is 0 Å². The van der Waals surface area contributed by atoms with Gasteiger partial charge in [-0.1, -0.05) is 49.1 Å². The Labute approximate surface area is 100.0 Å². The standard InChI is InChI=1S/C15H12O2/c1-3-7-11-10(4-2)14(16)12-8-5-6-9-13(12)15(11)17/h3-9H,2H2,1H3/b7-3-. The van der Waals surface area contributed by atoms with Gasteiger partial charge in [-0.25, -0.2) is 0 Å². The van der Waals surface area contributed by atoms with Gasteiger partial charge in [-0.15, -0.1) is 0 Å². The fraction of sp³-hybridized carbons (Fsp3) is 0.0667. The average Bonchev–Trinajstić information content (AvgIpc) is 2.36. The number of ketones is 2. The first kappa shape index (κ1) is 11.3. The van der Waals surface area contributed by atoms with E-state index in [1.165, 1.54) is 6.08 Å². The molecule has 17 heavy (non-hydrogen) atoms. The first-order valence-electron chi connectivity index (χ1n) is 5.38. The lowest BCUT2D eigenvalue weighted by molar-refractivity contribution is 0.0980. The van der Waals surface area contributed by atoms with E-state index < -0.39 is 0 Å². The van der Waals surface area contributed by atoms with Crippen molar-refractivity contribution >= 4 is 11.6 Å². The molecule has 84 valence electrons. The molecule has 0 bridgehead atoms. The Bertz CT molecular complexity index is 574. The minimum atomic E-state index is -0.136. The van der Waals surface area contributed by atoms with Crippen LogP contribution in [0.5, 0.6) is 0 Å². The third kappa shape index (κ3) is 1.68. The third-order valence-electron chi connectivity index (χ3n) is 2.73. The summed E-state index contributed by atoms with van der Waals surface area (Å²) in [5, 5.41) is 0. The van der Waals surface area contributed by atoms with Crippen molar-refractivity contribution in [2.45, 2.75) is 6.92 Å². The highest BCUT2D eigenvalue weighted by molar-refractivity contribution is 6.28. The highest BCUT2D eigenvalue weighted by Crippen LogP contribution is 2.27. The quantitative estimate of drug-likeness (QED) is 0.773. The molecular formula is C15H12O2. The molecule has 2 heteroatoms. The summed E-state index contributed by atoms with van der Waals surface area (Å²) in [6.45, 7) is 5.42. The van der Waals surface area contributed by atoms with E-state index in [-0.39, 0.29) is 11.6 Å². The highest BCUT2D eigenvalue weighted by atomic mass is 16.1. The fourth-order valence-electron chi connectivity index (χ4n) is 1.95. The van der Waals surface area contributed by atoms with Crippen LogP contribution >= 0.6 is 0 Å². The van der Waals surface area contributed by atoms with Crippen molar-refractivity contribution in [1.82, 2.24) is 0 Å². The summed E-state index contributed by atoms with van der Waals surface area (Å²) in [6, 6.07) is 6.87. The van der Waals surface area contributed by atoms with E-state index in [2.05, 4.69) is 6.58 Å². The second-order valence-corrected chi connectivity index (χ2v) is 3.74. The van der Waals surface area contributed by atoms with Crippen LogP contribution < -0.4 is 0 Å². The normalized spacial score (nSPS) is 15.4. The molecule has 0 aromatic heterocycles. The van der Waals surface area contributed by atoms with Gasteiger partial charge in [-0.05, 0) is 6.92 Å². The minimum Gasteiger partial charge on any atom is -0.289 e.